The van der Waals surface area contributed by atoms with Gasteiger partial charge in [-0.25, -0.2) is 4.79 Å². The van der Waals surface area contributed by atoms with E-state index in [1.807, 2.05) is 19.1 Å². The van der Waals surface area contributed by atoms with Crippen LogP contribution in [0, 0.1) is 6.92 Å². The molecule has 1 saturated heterocycles. The minimum Gasteiger partial charge on any atom is -0.478 e. The summed E-state index contributed by atoms with van der Waals surface area (Å²) in [7, 11) is 1.71. The lowest BCUT2D eigenvalue weighted by Crippen LogP contribution is -2.39. The van der Waals surface area contributed by atoms with Gasteiger partial charge >= 0.3 is 5.97 Å². The van der Waals surface area contributed by atoms with Crippen molar-refractivity contribution in [1.82, 2.24) is 0 Å². The molecule has 0 spiro atoms. The first-order valence-electron chi connectivity index (χ1n) is 10.9. The summed E-state index contributed by atoms with van der Waals surface area (Å²) < 4.78 is 11.8. The number of piperidine rings is 1. The van der Waals surface area contributed by atoms with Crippen molar-refractivity contribution >= 4 is 28.5 Å². The Morgan fingerprint density at radius 1 is 1.28 bits per heavy atom. The molecule has 2 aromatic carbocycles. The number of fused-ring (bicyclic) bond motifs is 1. The van der Waals surface area contributed by atoms with E-state index < -0.39 is 5.97 Å². The van der Waals surface area contributed by atoms with E-state index >= 15 is 0 Å². The molecule has 2 heterocycles. The molecular weight excluding hydrogens is 408 g/mol. The highest BCUT2D eigenvalue weighted by atomic mass is 16.5. The zero-order valence-electron chi connectivity index (χ0n) is 18.4. The first kappa shape index (κ1) is 21.9. The summed E-state index contributed by atoms with van der Waals surface area (Å²) in [6, 6.07) is 12.3. The monoisotopic (exact) mass is 436 g/mol. The van der Waals surface area contributed by atoms with Crippen molar-refractivity contribution in [2.45, 2.75) is 32.3 Å². The quantitative estimate of drug-likeness (QED) is 0.577. The van der Waals surface area contributed by atoms with E-state index in [0.29, 0.717) is 42.1 Å². The molecule has 1 aromatic heterocycles. The second kappa shape index (κ2) is 9.44. The minimum atomic E-state index is -0.972. The van der Waals surface area contributed by atoms with E-state index in [1.54, 1.807) is 37.4 Å². The molecule has 0 saturated carbocycles. The smallest absolute Gasteiger partial charge is 0.337 e. The summed E-state index contributed by atoms with van der Waals surface area (Å²) in [5.41, 5.74) is 3.22. The van der Waals surface area contributed by atoms with Crippen molar-refractivity contribution in [2.24, 2.45) is 0 Å². The molecule has 32 heavy (non-hydrogen) atoms. The van der Waals surface area contributed by atoms with Crippen LogP contribution in [0.15, 0.2) is 51.7 Å². The number of aryl methyl sites for hydroxylation is 1. The predicted octanol–water partition coefficient (Wildman–Crippen LogP) is 4.07. The van der Waals surface area contributed by atoms with Crippen LogP contribution in [0.2, 0.25) is 0 Å². The van der Waals surface area contributed by atoms with Crippen LogP contribution in [0.4, 0.5) is 11.6 Å². The van der Waals surface area contributed by atoms with Crippen molar-refractivity contribution in [3.05, 3.63) is 69.4 Å². The molecule has 1 atom stereocenters. The van der Waals surface area contributed by atoms with Gasteiger partial charge in [-0.05, 0) is 55.5 Å². The van der Waals surface area contributed by atoms with Crippen LogP contribution in [0.1, 0.15) is 34.3 Å². The van der Waals surface area contributed by atoms with E-state index in [9.17, 15) is 14.7 Å². The number of para-hydroxylation sites is 1. The molecule has 2 N–H and O–H groups in total. The number of rotatable bonds is 7. The predicted molar refractivity (Wildman–Crippen MR) is 125 cm³/mol. The highest BCUT2D eigenvalue weighted by Crippen LogP contribution is 2.27. The Balaban J connectivity index is 1.62. The third-order valence-corrected chi connectivity index (χ3v) is 5.93. The van der Waals surface area contributed by atoms with E-state index in [4.69, 9.17) is 9.15 Å². The second-order valence-electron chi connectivity index (χ2n) is 8.22. The molecule has 1 aliphatic rings. The van der Waals surface area contributed by atoms with Crippen LogP contribution >= 0.6 is 0 Å². The number of hydrogen-bond donors (Lipinski definition) is 2. The maximum atomic E-state index is 12.9. The number of carboxylic acids is 1. The van der Waals surface area contributed by atoms with Gasteiger partial charge in [-0.3, -0.25) is 4.79 Å². The van der Waals surface area contributed by atoms with Crippen LogP contribution in [0.25, 0.3) is 11.0 Å². The van der Waals surface area contributed by atoms with Crippen LogP contribution in [-0.4, -0.2) is 43.9 Å². The Morgan fingerprint density at radius 2 is 2.09 bits per heavy atom. The van der Waals surface area contributed by atoms with Gasteiger partial charge in [0.1, 0.15) is 5.58 Å². The fraction of sp³-hybridized carbons (Fsp3) is 0.360. The highest BCUT2D eigenvalue weighted by molar-refractivity contribution is 5.94. The first-order chi connectivity index (χ1) is 15.5. The average Bonchev–Trinajstić information content (AvgIpc) is 2.79. The van der Waals surface area contributed by atoms with E-state index in [-0.39, 0.29) is 17.1 Å². The van der Waals surface area contributed by atoms with Crippen molar-refractivity contribution in [2.75, 3.05) is 37.0 Å². The standard InChI is InChI=1S/C25H28N2O5/c1-16-12-17(9-10-26-21-8-4-3-7-19(21)25(29)30)24-20(13-16)22(28)14-23(32-24)27-11-5-6-18(15-27)31-2/h3-4,7-8,12-14,18,26H,5-6,9-11,15H2,1-2H3,(H,29,30)/t18-/m0/s1. The molecule has 1 fully saturated rings. The molecule has 0 amide bonds. The van der Waals surface area contributed by atoms with E-state index in [0.717, 1.165) is 30.5 Å². The number of carbonyl (C=O) groups is 1. The number of ether oxygens (including phenoxy) is 1. The zero-order chi connectivity index (χ0) is 22.7. The van der Waals surface area contributed by atoms with Gasteiger partial charge in [-0.1, -0.05) is 18.2 Å². The van der Waals surface area contributed by atoms with Crippen molar-refractivity contribution in [3.8, 4) is 0 Å². The molecule has 0 unspecified atom stereocenters. The van der Waals surface area contributed by atoms with Crippen molar-refractivity contribution in [3.63, 3.8) is 0 Å². The van der Waals surface area contributed by atoms with Gasteiger partial charge in [0.15, 0.2) is 11.3 Å². The fourth-order valence-electron chi connectivity index (χ4n) is 4.30. The Labute approximate surface area is 186 Å². The Hall–Kier alpha value is -3.32. The van der Waals surface area contributed by atoms with Crippen LogP contribution in [0.3, 0.4) is 0 Å². The van der Waals surface area contributed by atoms with Gasteiger partial charge in [0.05, 0.1) is 17.1 Å². The molecule has 7 nitrogen and oxygen atoms in total. The number of methoxy groups -OCH3 is 1. The third kappa shape index (κ3) is 4.62. The van der Waals surface area contributed by atoms with Gasteiger partial charge in [0.25, 0.3) is 0 Å². The molecular formula is C25H28N2O5. The van der Waals surface area contributed by atoms with Crippen molar-refractivity contribution in [1.29, 1.82) is 0 Å². The maximum Gasteiger partial charge on any atom is 0.337 e. The maximum absolute atomic E-state index is 12.9. The zero-order valence-corrected chi connectivity index (χ0v) is 18.4. The van der Waals surface area contributed by atoms with Gasteiger partial charge in [0, 0.05) is 38.5 Å². The normalized spacial score (nSPS) is 16.3. The summed E-state index contributed by atoms with van der Waals surface area (Å²) in [5.74, 6) is -0.404. The lowest BCUT2D eigenvalue weighted by Gasteiger charge is -2.32. The van der Waals surface area contributed by atoms with Gasteiger partial charge in [-0.2, -0.15) is 0 Å². The molecule has 0 bridgehead atoms. The number of carboxylic acid groups (broad SMARTS) is 1. The Morgan fingerprint density at radius 3 is 2.88 bits per heavy atom. The van der Waals surface area contributed by atoms with Crippen molar-refractivity contribution < 1.29 is 19.1 Å². The molecule has 0 aliphatic carbocycles. The van der Waals surface area contributed by atoms with E-state index in [2.05, 4.69) is 10.2 Å². The summed E-state index contributed by atoms with van der Waals surface area (Å²) >= 11 is 0. The topological polar surface area (TPSA) is 92.0 Å². The number of aromatic carboxylic acids is 1. The van der Waals surface area contributed by atoms with Crippen LogP contribution in [-0.2, 0) is 11.2 Å². The summed E-state index contributed by atoms with van der Waals surface area (Å²) in [5, 5.41) is 13.1. The number of hydrogen-bond acceptors (Lipinski definition) is 6. The fourth-order valence-corrected chi connectivity index (χ4v) is 4.30. The third-order valence-electron chi connectivity index (χ3n) is 5.93. The lowest BCUT2D eigenvalue weighted by molar-refractivity contribution is 0.0698. The molecule has 7 heteroatoms. The lowest BCUT2D eigenvalue weighted by atomic mass is 10.0. The van der Waals surface area contributed by atoms with Gasteiger partial charge < -0.3 is 24.5 Å². The molecule has 0 radical (unpaired) electrons. The Kier molecular flexibility index (Phi) is 6.46. The SMILES string of the molecule is CO[C@H]1CCCN(c2cc(=O)c3cc(C)cc(CCNc4ccccc4C(=O)O)c3o2)C1. The first-order valence-corrected chi connectivity index (χ1v) is 10.9. The molecule has 3 aromatic rings. The summed E-state index contributed by atoms with van der Waals surface area (Å²) in [6.07, 6.45) is 2.69. The van der Waals surface area contributed by atoms with Gasteiger partial charge in [-0.15, -0.1) is 0 Å². The molecule has 4 rings (SSSR count). The van der Waals surface area contributed by atoms with Gasteiger partial charge in [0.2, 0.25) is 0 Å². The summed E-state index contributed by atoms with van der Waals surface area (Å²) in [6.45, 7) is 3.98. The largest absolute Gasteiger partial charge is 0.478 e. The molecule has 168 valence electrons. The highest BCUT2D eigenvalue weighted by Gasteiger charge is 2.22. The minimum absolute atomic E-state index is 0.0603. The second-order valence-corrected chi connectivity index (χ2v) is 8.22. The van der Waals surface area contributed by atoms with Crippen LogP contribution < -0.4 is 15.6 Å². The number of anilines is 2. The number of nitrogens with one attached hydrogen (secondary N) is 1. The molecule has 1 aliphatic heterocycles. The summed E-state index contributed by atoms with van der Waals surface area (Å²) in [4.78, 5) is 26.4. The number of benzene rings is 2. The van der Waals surface area contributed by atoms with E-state index in [1.165, 1.54) is 0 Å². The average molecular weight is 437 g/mol. The number of nitrogens with zero attached hydrogens (tertiary/aromatic N) is 1. The Bertz CT molecular complexity index is 1190. The van der Waals surface area contributed by atoms with Crippen LogP contribution in [0.5, 0.6) is 0 Å².